The molecule has 120 valence electrons. The minimum Gasteiger partial charge on any atom is -0.375 e. The topological polar surface area (TPSA) is 83.2 Å². The number of rotatable bonds is 3. The molecule has 1 saturated heterocycles. The van der Waals surface area contributed by atoms with Gasteiger partial charge in [0.25, 0.3) is 5.91 Å². The van der Waals surface area contributed by atoms with Gasteiger partial charge in [-0.05, 0) is 38.3 Å². The van der Waals surface area contributed by atoms with Gasteiger partial charge in [0.15, 0.2) is 5.78 Å². The summed E-state index contributed by atoms with van der Waals surface area (Å²) in [6.07, 6.45) is 3.26. The zero-order valence-electron chi connectivity index (χ0n) is 13.0. The highest BCUT2D eigenvalue weighted by Gasteiger charge is 2.26. The molecule has 1 aromatic heterocycles. The van der Waals surface area contributed by atoms with Crippen LogP contribution in [0.25, 0.3) is 0 Å². The van der Waals surface area contributed by atoms with Gasteiger partial charge >= 0.3 is 0 Å². The zero-order valence-corrected chi connectivity index (χ0v) is 13.0. The molecular formula is C16H23N3O3. The van der Waals surface area contributed by atoms with Gasteiger partial charge in [0.2, 0.25) is 0 Å². The van der Waals surface area contributed by atoms with E-state index in [0.29, 0.717) is 18.7 Å². The standard InChI is InChI=1S/C16H23N3O3/c1-10-14-12(4-2-5-13(14)20)19-15(10)16(21)18-9-11-8-17-6-3-7-22-11/h11,17,19H,2-9H2,1H3,(H,18,21). The maximum absolute atomic E-state index is 12.4. The molecule has 0 radical (unpaired) electrons. The molecule has 0 aromatic carbocycles. The summed E-state index contributed by atoms with van der Waals surface area (Å²) < 4.78 is 5.68. The highest BCUT2D eigenvalue weighted by Crippen LogP contribution is 2.26. The molecule has 1 aliphatic heterocycles. The van der Waals surface area contributed by atoms with Gasteiger partial charge in [0, 0.05) is 37.4 Å². The lowest BCUT2D eigenvalue weighted by Crippen LogP contribution is -2.38. The van der Waals surface area contributed by atoms with E-state index in [-0.39, 0.29) is 17.8 Å². The lowest BCUT2D eigenvalue weighted by Gasteiger charge is -2.15. The highest BCUT2D eigenvalue weighted by molar-refractivity contribution is 6.04. The second-order valence-electron chi connectivity index (χ2n) is 6.02. The first-order chi connectivity index (χ1) is 10.7. The van der Waals surface area contributed by atoms with Gasteiger partial charge in [-0.1, -0.05) is 0 Å². The Morgan fingerprint density at radius 3 is 3.05 bits per heavy atom. The van der Waals surface area contributed by atoms with Crippen LogP contribution in [0.4, 0.5) is 0 Å². The molecule has 3 rings (SSSR count). The molecule has 1 aliphatic carbocycles. The van der Waals surface area contributed by atoms with E-state index in [1.54, 1.807) is 0 Å². The summed E-state index contributed by atoms with van der Waals surface area (Å²) in [6, 6.07) is 0. The minimum atomic E-state index is -0.160. The van der Waals surface area contributed by atoms with Crippen LogP contribution < -0.4 is 10.6 Å². The minimum absolute atomic E-state index is 0.00188. The Bertz CT molecular complexity index is 571. The lowest BCUT2D eigenvalue weighted by molar-refractivity contribution is 0.0624. The van der Waals surface area contributed by atoms with Gasteiger partial charge in [-0.25, -0.2) is 0 Å². The first-order valence-electron chi connectivity index (χ1n) is 8.02. The molecule has 3 N–H and O–H groups in total. The number of Topliss-reactive ketones (excluding diaryl/α,β-unsaturated/α-hetero) is 1. The predicted molar refractivity (Wildman–Crippen MR) is 82.4 cm³/mol. The van der Waals surface area contributed by atoms with Crippen LogP contribution in [0.2, 0.25) is 0 Å². The largest absolute Gasteiger partial charge is 0.375 e. The van der Waals surface area contributed by atoms with Crippen LogP contribution in [0, 0.1) is 6.92 Å². The van der Waals surface area contributed by atoms with E-state index in [4.69, 9.17) is 4.74 Å². The Balaban J connectivity index is 1.66. The average Bonchev–Trinajstić information content (AvgIpc) is 2.70. The molecule has 0 saturated carbocycles. The normalized spacial score (nSPS) is 22.0. The van der Waals surface area contributed by atoms with Crippen molar-refractivity contribution >= 4 is 11.7 Å². The Labute approximate surface area is 130 Å². The molecule has 1 amide bonds. The molecule has 1 fully saturated rings. The van der Waals surface area contributed by atoms with E-state index in [2.05, 4.69) is 15.6 Å². The van der Waals surface area contributed by atoms with E-state index in [1.807, 2.05) is 6.92 Å². The monoisotopic (exact) mass is 305 g/mol. The van der Waals surface area contributed by atoms with E-state index in [9.17, 15) is 9.59 Å². The summed E-state index contributed by atoms with van der Waals surface area (Å²) in [4.78, 5) is 27.5. The van der Waals surface area contributed by atoms with Gasteiger partial charge in [0.05, 0.1) is 6.10 Å². The maximum atomic E-state index is 12.4. The summed E-state index contributed by atoms with van der Waals surface area (Å²) in [5.41, 5.74) is 2.93. The molecule has 2 aliphatic rings. The second kappa shape index (κ2) is 6.62. The van der Waals surface area contributed by atoms with Crippen molar-refractivity contribution in [1.82, 2.24) is 15.6 Å². The number of ether oxygens (including phenoxy) is 1. The van der Waals surface area contributed by atoms with E-state index in [0.717, 1.165) is 55.8 Å². The third kappa shape index (κ3) is 3.08. The van der Waals surface area contributed by atoms with Crippen molar-refractivity contribution in [1.29, 1.82) is 0 Å². The Morgan fingerprint density at radius 1 is 1.36 bits per heavy atom. The zero-order chi connectivity index (χ0) is 15.5. The molecule has 0 spiro atoms. The van der Waals surface area contributed by atoms with Gasteiger partial charge < -0.3 is 20.4 Å². The quantitative estimate of drug-likeness (QED) is 0.776. The van der Waals surface area contributed by atoms with Crippen molar-refractivity contribution in [2.45, 2.75) is 38.7 Å². The van der Waals surface area contributed by atoms with Crippen LogP contribution in [-0.4, -0.2) is 49.0 Å². The molecule has 0 bridgehead atoms. The second-order valence-corrected chi connectivity index (χ2v) is 6.02. The Kier molecular flexibility index (Phi) is 4.59. The number of aryl methyl sites for hydroxylation is 1. The summed E-state index contributed by atoms with van der Waals surface area (Å²) in [6.45, 7) is 4.74. The molecule has 1 aromatic rings. The van der Waals surface area contributed by atoms with Crippen LogP contribution in [0.3, 0.4) is 0 Å². The maximum Gasteiger partial charge on any atom is 0.268 e. The number of carbonyl (C=O) groups excluding carboxylic acids is 2. The van der Waals surface area contributed by atoms with E-state index < -0.39 is 0 Å². The fraction of sp³-hybridized carbons (Fsp3) is 0.625. The molecular weight excluding hydrogens is 282 g/mol. The first-order valence-corrected chi connectivity index (χ1v) is 8.02. The molecule has 1 unspecified atom stereocenters. The van der Waals surface area contributed by atoms with Gasteiger partial charge in [-0.2, -0.15) is 0 Å². The number of aromatic amines is 1. The third-order valence-electron chi connectivity index (χ3n) is 4.38. The van der Waals surface area contributed by atoms with E-state index in [1.165, 1.54) is 0 Å². The van der Waals surface area contributed by atoms with Crippen molar-refractivity contribution in [3.63, 3.8) is 0 Å². The third-order valence-corrected chi connectivity index (χ3v) is 4.38. The van der Waals surface area contributed by atoms with Crippen molar-refractivity contribution in [3.05, 3.63) is 22.5 Å². The molecule has 6 heteroatoms. The van der Waals surface area contributed by atoms with Crippen LogP contribution in [-0.2, 0) is 11.2 Å². The van der Waals surface area contributed by atoms with Crippen molar-refractivity contribution < 1.29 is 14.3 Å². The number of H-pyrrole nitrogens is 1. The summed E-state index contributed by atoms with van der Waals surface area (Å²) >= 11 is 0. The smallest absolute Gasteiger partial charge is 0.268 e. The SMILES string of the molecule is Cc1c(C(=O)NCC2CNCCCO2)[nH]c2c1C(=O)CCC2. The van der Waals surface area contributed by atoms with Crippen LogP contribution in [0.15, 0.2) is 0 Å². The molecule has 22 heavy (non-hydrogen) atoms. The highest BCUT2D eigenvalue weighted by atomic mass is 16.5. The van der Waals surface area contributed by atoms with Gasteiger partial charge in [0.1, 0.15) is 5.69 Å². The average molecular weight is 305 g/mol. The first kappa shape index (κ1) is 15.2. The van der Waals surface area contributed by atoms with Gasteiger partial charge in [-0.15, -0.1) is 0 Å². The van der Waals surface area contributed by atoms with Crippen molar-refractivity contribution in [3.8, 4) is 0 Å². The lowest BCUT2D eigenvalue weighted by atomic mass is 9.94. The molecule has 2 heterocycles. The number of carbonyl (C=O) groups is 2. The van der Waals surface area contributed by atoms with Crippen LogP contribution in [0.5, 0.6) is 0 Å². The Morgan fingerprint density at radius 2 is 2.23 bits per heavy atom. The molecule has 6 nitrogen and oxygen atoms in total. The number of hydrogen-bond acceptors (Lipinski definition) is 4. The summed E-state index contributed by atoms with van der Waals surface area (Å²) in [5.74, 6) is -0.0158. The number of amides is 1. The van der Waals surface area contributed by atoms with Crippen LogP contribution >= 0.6 is 0 Å². The Hall–Kier alpha value is -1.66. The van der Waals surface area contributed by atoms with Gasteiger partial charge in [-0.3, -0.25) is 9.59 Å². The van der Waals surface area contributed by atoms with Crippen LogP contribution in [0.1, 0.15) is 51.4 Å². The van der Waals surface area contributed by atoms with Crippen molar-refractivity contribution in [2.75, 3.05) is 26.2 Å². The number of ketones is 1. The number of fused-ring (bicyclic) bond motifs is 1. The van der Waals surface area contributed by atoms with Crippen molar-refractivity contribution in [2.24, 2.45) is 0 Å². The van der Waals surface area contributed by atoms with E-state index >= 15 is 0 Å². The predicted octanol–water partition coefficient (Wildman–Crippen LogP) is 0.950. The summed E-state index contributed by atoms with van der Waals surface area (Å²) in [5, 5.41) is 6.20. The summed E-state index contributed by atoms with van der Waals surface area (Å²) in [7, 11) is 0. The molecule has 1 atom stereocenters. The fourth-order valence-corrected chi connectivity index (χ4v) is 3.20. The fourth-order valence-electron chi connectivity index (χ4n) is 3.20. The number of aromatic nitrogens is 1. The number of nitrogens with one attached hydrogen (secondary N) is 3. The number of hydrogen-bond donors (Lipinski definition) is 3.